The summed E-state index contributed by atoms with van der Waals surface area (Å²) in [5.74, 6) is -0.190. The molecule has 62 valence electrons. The van der Waals surface area contributed by atoms with Crippen LogP contribution >= 0.6 is 0 Å². The molecular weight excluding hydrogens is 164 g/mol. The van der Waals surface area contributed by atoms with Crippen LogP contribution in [0.15, 0.2) is 40.9 Å². The van der Waals surface area contributed by atoms with E-state index < -0.39 is 0 Å². The minimum atomic E-state index is -0.255. The minimum Gasteiger partial charge on any atom is -0.267 e. The van der Waals surface area contributed by atoms with Crippen molar-refractivity contribution in [1.82, 2.24) is 0 Å². The van der Waals surface area contributed by atoms with Crippen molar-refractivity contribution in [3.8, 4) is 6.07 Å². The summed E-state index contributed by atoms with van der Waals surface area (Å²) in [5.41, 5.74) is 1.20. The number of allylic oxidation sites excluding steroid dienone is 5. The molecule has 1 aliphatic heterocycles. The van der Waals surface area contributed by atoms with Crippen molar-refractivity contribution in [2.45, 2.75) is 0 Å². The standard InChI is InChI=1S/C10H6N2O/c11-6-7-1-2-8-3-4-10(13)12-9(8)5-7/h1-5,8H. The highest BCUT2D eigenvalue weighted by Gasteiger charge is 2.17. The van der Waals surface area contributed by atoms with Gasteiger partial charge in [0, 0.05) is 12.0 Å². The number of carbonyl (C=O) groups excluding carboxylic acids is 1. The van der Waals surface area contributed by atoms with Gasteiger partial charge in [0.05, 0.1) is 17.4 Å². The highest BCUT2D eigenvalue weighted by molar-refractivity contribution is 6.11. The summed E-state index contributed by atoms with van der Waals surface area (Å²) in [5, 5.41) is 8.62. The quantitative estimate of drug-likeness (QED) is 0.547. The van der Waals surface area contributed by atoms with E-state index in [9.17, 15) is 4.79 Å². The highest BCUT2D eigenvalue weighted by Crippen LogP contribution is 2.18. The summed E-state index contributed by atoms with van der Waals surface area (Å²) in [4.78, 5) is 14.7. The van der Waals surface area contributed by atoms with E-state index in [1.165, 1.54) is 6.08 Å². The van der Waals surface area contributed by atoms with Crippen molar-refractivity contribution < 1.29 is 4.79 Å². The van der Waals surface area contributed by atoms with Crippen LogP contribution in [0, 0.1) is 17.2 Å². The van der Waals surface area contributed by atoms with E-state index in [2.05, 4.69) is 4.99 Å². The minimum absolute atomic E-state index is 0.0646. The molecule has 1 atom stereocenters. The lowest BCUT2D eigenvalue weighted by molar-refractivity contribution is -0.113. The molecule has 2 aliphatic rings. The third kappa shape index (κ3) is 1.34. The molecule has 1 amide bonds. The van der Waals surface area contributed by atoms with Crippen molar-refractivity contribution in [3.63, 3.8) is 0 Å². The van der Waals surface area contributed by atoms with Crippen LogP contribution in [-0.4, -0.2) is 11.6 Å². The number of hydrogen-bond acceptors (Lipinski definition) is 2. The fraction of sp³-hybridized carbons (Fsp3) is 0.100. The van der Waals surface area contributed by atoms with Gasteiger partial charge in [-0.15, -0.1) is 0 Å². The van der Waals surface area contributed by atoms with Crippen LogP contribution in [-0.2, 0) is 4.79 Å². The summed E-state index contributed by atoms with van der Waals surface area (Å²) in [6, 6.07) is 2.01. The second-order valence-corrected chi connectivity index (χ2v) is 2.83. The fourth-order valence-corrected chi connectivity index (χ4v) is 1.30. The first-order valence-corrected chi connectivity index (χ1v) is 3.90. The Bertz CT molecular complexity index is 419. The lowest BCUT2D eigenvalue weighted by Gasteiger charge is -2.14. The van der Waals surface area contributed by atoms with Gasteiger partial charge in [0.1, 0.15) is 0 Å². The van der Waals surface area contributed by atoms with Crippen LogP contribution in [0.2, 0.25) is 0 Å². The molecule has 1 unspecified atom stereocenters. The van der Waals surface area contributed by atoms with Crippen LogP contribution < -0.4 is 0 Å². The molecule has 0 saturated carbocycles. The first-order valence-electron chi connectivity index (χ1n) is 3.90. The summed E-state index contributed by atoms with van der Waals surface area (Å²) in [7, 11) is 0. The SMILES string of the molecule is N#CC1=CC2=NC(=O)C=CC2C=C1. The number of fused-ring (bicyclic) bond motifs is 1. The molecular formula is C10H6N2O. The number of nitrogens with zero attached hydrogens (tertiary/aromatic N) is 2. The topological polar surface area (TPSA) is 53.2 Å². The zero-order valence-corrected chi connectivity index (χ0v) is 6.77. The number of hydrogen-bond donors (Lipinski definition) is 0. The molecule has 2 rings (SSSR count). The Kier molecular flexibility index (Phi) is 1.67. The number of dihydropyridines is 1. The van der Waals surface area contributed by atoms with Crippen molar-refractivity contribution in [2.75, 3.05) is 0 Å². The first-order chi connectivity index (χ1) is 6.29. The Morgan fingerprint density at radius 3 is 2.92 bits per heavy atom. The Morgan fingerprint density at radius 2 is 2.15 bits per heavy atom. The lowest BCUT2D eigenvalue weighted by atomic mass is 9.93. The first kappa shape index (κ1) is 7.69. The number of nitriles is 1. The Morgan fingerprint density at radius 1 is 1.38 bits per heavy atom. The molecule has 0 spiro atoms. The Hall–Kier alpha value is -1.95. The molecule has 1 heterocycles. The van der Waals surface area contributed by atoms with E-state index >= 15 is 0 Å². The summed E-state index contributed by atoms with van der Waals surface area (Å²) in [6.45, 7) is 0. The zero-order chi connectivity index (χ0) is 9.26. The summed E-state index contributed by atoms with van der Waals surface area (Å²) < 4.78 is 0. The molecule has 0 fully saturated rings. The van der Waals surface area contributed by atoms with Gasteiger partial charge < -0.3 is 0 Å². The van der Waals surface area contributed by atoms with E-state index in [1.807, 2.05) is 12.1 Å². The van der Waals surface area contributed by atoms with Gasteiger partial charge in [0.25, 0.3) is 5.91 Å². The third-order valence-electron chi connectivity index (χ3n) is 1.94. The van der Waals surface area contributed by atoms with E-state index in [1.54, 1.807) is 18.2 Å². The molecule has 0 aromatic carbocycles. The second-order valence-electron chi connectivity index (χ2n) is 2.83. The molecule has 0 aromatic heterocycles. The number of rotatable bonds is 0. The van der Waals surface area contributed by atoms with Crippen molar-refractivity contribution in [2.24, 2.45) is 10.9 Å². The van der Waals surface area contributed by atoms with Gasteiger partial charge in [0.2, 0.25) is 0 Å². The van der Waals surface area contributed by atoms with Crippen LogP contribution in [0.25, 0.3) is 0 Å². The predicted molar refractivity (Wildman–Crippen MR) is 47.9 cm³/mol. The Labute approximate surface area is 75.4 Å². The van der Waals surface area contributed by atoms with Crippen LogP contribution in [0.5, 0.6) is 0 Å². The van der Waals surface area contributed by atoms with Crippen LogP contribution in [0.1, 0.15) is 0 Å². The third-order valence-corrected chi connectivity index (χ3v) is 1.94. The van der Waals surface area contributed by atoms with Crippen molar-refractivity contribution in [1.29, 1.82) is 5.26 Å². The molecule has 0 N–H and O–H groups in total. The van der Waals surface area contributed by atoms with E-state index in [4.69, 9.17) is 5.26 Å². The molecule has 0 radical (unpaired) electrons. The average Bonchev–Trinajstić information content (AvgIpc) is 2.16. The smallest absolute Gasteiger partial charge is 0.267 e. The van der Waals surface area contributed by atoms with Crippen LogP contribution in [0.4, 0.5) is 0 Å². The van der Waals surface area contributed by atoms with Crippen LogP contribution in [0.3, 0.4) is 0 Å². The monoisotopic (exact) mass is 170 g/mol. The van der Waals surface area contributed by atoms with E-state index in [0.29, 0.717) is 11.3 Å². The van der Waals surface area contributed by atoms with Gasteiger partial charge >= 0.3 is 0 Å². The van der Waals surface area contributed by atoms with Gasteiger partial charge in [-0.05, 0) is 12.2 Å². The summed E-state index contributed by atoms with van der Waals surface area (Å²) in [6.07, 6.45) is 8.48. The Balaban J connectivity index is 2.40. The second kappa shape index (κ2) is 2.83. The summed E-state index contributed by atoms with van der Waals surface area (Å²) >= 11 is 0. The maximum atomic E-state index is 10.9. The molecule has 0 aromatic rings. The molecule has 0 saturated heterocycles. The van der Waals surface area contributed by atoms with Gasteiger partial charge in [-0.3, -0.25) is 4.79 Å². The highest BCUT2D eigenvalue weighted by atomic mass is 16.1. The van der Waals surface area contributed by atoms with Crippen molar-refractivity contribution in [3.05, 3.63) is 36.0 Å². The predicted octanol–water partition coefficient (Wildman–Crippen LogP) is 1.16. The lowest BCUT2D eigenvalue weighted by Crippen LogP contribution is -2.16. The van der Waals surface area contributed by atoms with E-state index in [0.717, 1.165) is 0 Å². The average molecular weight is 170 g/mol. The number of carbonyl (C=O) groups is 1. The van der Waals surface area contributed by atoms with Gasteiger partial charge in [-0.2, -0.15) is 5.26 Å². The maximum Gasteiger partial charge on any atom is 0.269 e. The molecule has 13 heavy (non-hydrogen) atoms. The fourth-order valence-electron chi connectivity index (χ4n) is 1.30. The number of amides is 1. The largest absolute Gasteiger partial charge is 0.269 e. The van der Waals surface area contributed by atoms with Crippen molar-refractivity contribution >= 4 is 11.6 Å². The van der Waals surface area contributed by atoms with Gasteiger partial charge in [-0.1, -0.05) is 12.2 Å². The maximum absolute atomic E-state index is 10.9. The van der Waals surface area contributed by atoms with E-state index in [-0.39, 0.29) is 11.8 Å². The molecule has 3 nitrogen and oxygen atoms in total. The molecule has 0 bridgehead atoms. The normalized spacial score (nSPS) is 24.5. The van der Waals surface area contributed by atoms with Gasteiger partial charge in [0.15, 0.2) is 0 Å². The molecule has 3 heteroatoms. The number of aliphatic imine (C=N–C) groups is 1. The molecule has 1 aliphatic carbocycles. The zero-order valence-electron chi connectivity index (χ0n) is 6.77. The van der Waals surface area contributed by atoms with Gasteiger partial charge in [-0.25, -0.2) is 4.99 Å².